The zero-order valence-electron chi connectivity index (χ0n) is 9.06. The van der Waals surface area contributed by atoms with E-state index < -0.39 is 0 Å². The lowest BCUT2D eigenvalue weighted by Gasteiger charge is -2.04. The van der Waals surface area contributed by atoms with Crippen molar-refractivity contribution in [3.8, 4) is 0 Å². The molecule has 0 aliphatic heterocycles. The molecule has 0 saturated carbocycles. The van der Waals surface area contributed by atoms with Crippen LogP contribution in [0.3, 0.4) is 0 Å². The van der Waals surface area contributed by atoms with Gasteiger partial charge in [0.25, 0.3) is 0 Å². The third kappa shape index (κ3) is 3.76. The average Bonchev–Trinajstić information content (AvgIpc) is 2.29. The number of nitrogens with zero attached hydrogens (tertiary/aromatic N) is 1. The molecule has 3 N–H and O–H groups in total. The van der Waals surface area contributed by atoms with E-state index in [0.717, 1.165) is 13.0 Å². The molecule has 0 bridgehead atoms. The third-order valence-electron chi connectivity index (χ3n) is 2.21. The first kappa shape index (κ1) is 11.9. The molecule has 0 spiro atoms. The number of aromatic nitrogens is 3. The lowest BCUT2D eigenvalue weighted by Crippen LogP contribution is -2.08. The Balaban J connectivity index is 1.94. The molecule has 0 amide bonds. The molecule has 0 aliphatic rings. The number of hydrogen-bond acceptors (Lipinski definition) is 4. The van der Waals surface area contributed by atoms with Gasteiger partial charge in [0.15, 0.2) is 4.77 Å². The molecule has 1 aromatic carbocycles. The van der Waals surface area contributed by atoms with Crippen LogP contribution in [-0.2, 0) is 6.42 Å². The summed E-state index contributed by atoms with van der Waals surface area (Å²) in [6.45, 7) is 0.779. The second kappa shape index (κ2) is 5.70. The second-order valence-electron chi connectivity index (χ2n) is 3.51. The fourth-order valence-electron chi connectivity index (χ4n) is 1.45. The minimum Gasteiger partial charge on any atom is -0.355 e. The fraction of sp³-hybridized carbons (Fsp3) is 0.182. The lowest BCUT2D eigenvalue weighted by molar-refractivity contribution is 0.945. The van der Waals surface area contributed by atoms with E-state index in [1.165, 1.54) is 5.56 Å². The third-order valence-corrected chi connectivity index (χ3v) is 2.61. The van der Waals surface area contributed by atoms with Gasteiger partial charge in [0.1, 0.15) is 0 Å². The van der Waals surface area contributed by atoms with Crippen molar-refractivity contribution in [2.75, 3.05) is 11.9 Å². The Kier molecular flexibility index (Phi) is 4.00. The molecule has 6 heteroatoms. The van der Waals surface area contributed by atoms with Crippen LogP contribution in [0.5, 0.6) is 0 Å². The van der Waals surface area contributed by atoms with E-state index in [4.69, 9.17) is 24.4 Å². The largest absolute Gasteiger partial charge is 0.355 e. The summed E-state index contributed by atoms with van der Waals surface area (Å²) in [6, 6.07) is 10.2. The first-order valence-corrected chi connectivity index (χ1v) is 6.04. The van der Waals surface area contributed by atoms with Gasteiger partial charge in [-0.2, -0.15) is 4.98 Å². The summed E-state index contributed by atoms with van der Waals surface area (Å²) in [5, 5.41) is 3.15. The predicted octanol–water partition coefficient (Wildman–Crippen LogP) is 2.85. The molecular formula is C11H12N4S2. The highest BCUT2D eigenvalue weighted by Crippen LogP contribution is 2.01. The number of hydrogen-bond donors (Lipinski definition) is 3. The van der Waals surface area contributed by atoms with Crippen molar-refractivity contribution in [3.63, 3.8) is 0 Å². The highest BCUT2D eigenvalue weighted by molar-refractivity contribution is 7.71. The molecule has 0 saturated heterocycles. The number of benzene rings is 1. The standard InChI is InChI=1S/C11H12N4S2/c16-10-13-9(14-11(17)15-10)12-7-6-8-4-2-1-3-5-8/h1-5H,6-7H2,(H3,12,13,14,15,16,17). The summed E-state index contributed by atoms with van der Waals surface area (Å²) in [6.07, 6.45) is 0.925. The predicted molar refractivity (Wildman–Crippen MR) is 73.2 cm³/mol. The zero-order chi connectivity index (χ0) is 12.1. The molecule has 1 aromatic heterocycles. The van der Waals surface area contributed by atoms with E-state index in [-0.39, 0.29) is 0 Å². The molecule has 1 heterocycles. The van der Waals surface area contributed by atoms with Gasteiger partial charge in [0.2, 0.25) is 10.7 Å². The Labute approximate surface area is 109 Å². The van der Waals surface area contributed by atoms with Gasteiger partial charge < -0.3 is 15.3 Å². The van der Waals surface area contributed by atoms with Gasteiger partial charge >= 0.3 is 0 Å². The minimum absolute atomic E-state index is 0.385. The molecule has 2 rings (SSSR count). The second-order valence-corrected chi connectivity index (χ2v) is 4.30. The molecule has 0 atom stereocenters. The van der Waals surface area contributed by atoms with Crippen molar-refractivity contribution in [1.82, 2.24) is 15.0 Å². The molecule has 0 fully saturated rings. The van der Waals surface area contributed by atoms with Gasteiger partial charge in [-0.25, -0.2) is 0 Å². The van der Waals surface area contributed by atoms with Crippen LogP contribution in [0.15, 0.2) is 30.3 Å². The number of aromatic amines is 2. The molecule has 0 unspecified atom stereocenters. The van der Waals surface area contributed by atoms with E-state index >= 15 is 0 Å². The van der Waals surface area contributed by atoms with Gasteiger partial charge in [-0.05, 0) is 36.4 Å². The highest BCUT2D eigenvalue weighted by Gasteiger charge is 1.95. The monoisotopic (exact) mass is 264 g/mol. The lowest BCUT2D eigenvalue weighted by atomic mass is 10.1. The van der Waals surface area contributed by atoms with Gasteiger partial charge in [-0.1, -0.05) is 30.3 Å². The topological polar surface area (TPSA) is 56.5 Å². The van der Waals surface area contributed by atoms with Gasteiger partial charge in [0.05, 0.1) is 0 Å². The average molecular weight is 264 g/mol. The van der Waals surface area contributed by atoms with E-state index in [1.807, 2.05) is 18.2 Å². The van der Waals surface area contributed by atoms with E-state index in [1.54, 1.807) is 0 Å². The maximum absolute atomic E-state index is 4.97. The zero-order valence-corrected chi connectivity index (χ0v) is 10.7. The quantitative estimate of drug-likeness (QED) is 0.743. The van der Waals surface area contributed by atoms with Gasteiger partial charge in [-0.3, -0.25) is 0 Å². The molecule has 0 aliphatic carbocycles. The van der Waals surface area contributed by atoms with Crippen molar-refractivity contribution in [2.24, 2.45) is 0 Å². The van der Waals surface area contributed by atoms with Crippen molar-refractivity contribution in [1.29, 1.82) is 0 Å². The Bertz CT molecular complexity index is 560. The van der Waals surface area contributed by atoms with Crippen LogP contribution in [0.25, 0.3) is 0 Å². The smallest absolute Gasteiger partial charge is 0.205 e. The van der Waals surface area contributed by atoms with Crippen molar-refractivity contribution < 1.29 is 0 Å². The summed E-state index contributed by atoms with van der Waals surface area (Å²) in [5.74, 6) is 0.606. The minimum atomic E-state index is 0.385. The van der Waals surface area contributed by atoms with Crippen LogP contribution >= 0.6 is 24.4 Å². The summed E-state index contributed by atoms with van der Waals surface area (Å²) in [5.41, 5.74) is 1.28. The molecule has 0 radical (unpaired) electrons. The van der Waals surface area contributed by atoms with Crippen LogP contribution in [0.1, 0.15) is 5.56 Å². The van der Waals surface area contributed by atoms with Crippen LogP contribution in [0, 0.1) is 9.54 Å². The van der Waals surface area contributed by atoms with Crippen LogP contribution in [-0.4, -0.2) is 21.5 Å². The SMILES string of the molecule is S=c1nc(NCCc2ccccc2)[nH]c(=S)[nH]1. The number of H-pyrrole nitrogens is 2. The van der Waals surface area contributed by atoms with Gasteiger partial charge in [-0.15, -0.1) is 0 Å². The first-order valence-electron chi connectivity index (χ1n) is 5.22. The number of rotatable bonds is 4. The Morgan fingerprint density at radius 1 is 1.12 bits per heavy atom. The summed E-state index contributed by atoms with van der Waals surface area (Å²) >= 11 is 9.91. The van der Waals surface area contributed by atoms with Crippen LogP contribution < -0.4 is 5.32 Å². The fourth-order valence-corrected chi connectivity index (χ4v) is 1.90. The number of anilines is 1. The Morgan fingerprint density at radius 2 is 1.88 bits per heavy atom. The normalized spacial score (nSPS) is 10.1. The molecule has 88 valence electrons. The summed E-state index contributed by atoms with van der Waals surface area (Å²) < 4.78 is 0.864. The van der Waals surface area contributed by atoms with Crippen molar-refractivity contribution in [3.05, 3.63) is 45.4 Å². The maximum atomic E-state index is 4.97. The Morgan fingerprint density at radius 3 is 2.59 bits per heavy atom. The van der Waals surface area contributed by atoms with Crippen molar-refractivity contribution >= 4 is 30.4 Å². The molecule has 17 heavy (non-hydrogen) atoms. The van der Waals surface area contributed by atoms with E-state index in [9.17, 15) is 0 Å². The molecule has 4 nitrogen and oxygen atoms in total. The van der Waals surface area contributed by atoms with E-state index in [0.29, 0.717) is 15.5 Å². The van der Waals surface area contributed by atoms with Gasteiger partial charge in [0, 0.05) is 6.54 Å². The first-order chi connectivity index (χ1) is 8.24. The number of nitrogens with one attached hydrogen (secondary N) is 3. The van der Waals surface area contributed by atoms with Crippen LogP contribution in [0.2, 0.25) is 0 Å². The summed E-state index contributed by atoms with van der Waals surface area (Å²) in [4.78, 5) is 9.74. The van der Waals surface area contributed by atoms with Crippen LogP contribution in [0.4, 0.5) is 5.95 Å². The van der Waals surface area contributed by atoms with E-state index in [2.05, 4.69) is 32.4 Å². The highest BCUT2D eigenvalue weighted by atomic mass is 32.1. The Hall–Kier alpha value is -1.53. The molecule has 2 aromatic rings. The summed E-state index contributed by atoms with van der Waals surface area (Å²) in [7, 11) is 0. The maximum Gasteiger partial charge on any atom is 0.205 e. The van der Waals surface area contributed by atoms with Crippen molar-refractivity contribution in [2.45, 2.75) is 6.42 Å². The molecular weight excluding hydrogens is 252 g/mol.